The van der Waals surface area contributed by atoms with E-state index in [2.05, 4.69) is 32.8 Å². The lowest BCUT2D eigenvalue weighted by molar-refractivity contribution is 0.208. The molecule has 2 amide bonds. The number of carbonyl (C=O) groups excluding carboxylic acids is 1. The number of amides is 2. The molecule has 4 rings (SSSR count). The van der Waals surface area contributed by atoms with E-state index in [9.17, 15) is 9.90 Å². The van der Waals surface area contributed by atoms with Gasteiger partial charge in [-0.05, 0) is 48.9 Å². The number of anilines is 1. The van der Waals surface area contributed by atoms with Crippen LogP contribution in [-0.2, 0) is 0 Å². The predicted molar refractivity (Wildman–Crippen MR) is 126 cm³/mol. The van der Waals surface area contributed by atoms with Crippen LogP contribution in [0.2, 0.25) is 0 Å². The lowest BCUT2D eigenvalue weighted by Crippen LogP contribution is -2.34. The Morgan fingerprint density at radius 1 is 1.30 bits per heavy atom. The Balaban J connectivity index is 1.52. The van der Waals surface area contributed by atoms with E-state index in [1.807, 2.05) is 42.6 Å². The van der Waals surface area contributed by atoms with E-state index < -0.39 is 12.1 Å². The Hall–Kier alpha value is -3.56. The Morgan fingerprint density at radius 3 is 2.88 bits per heavy atom. The van der Waals surface area contributed by atoms with Crippen molar-refractivity contribution in [1.82, 2.24) is 20.4 Å². The quantitative estimate of drug-likeness (QED) is 0.419. The van der Waals surface area contributed by atoms with Gasteiger partial charge >= 0.3 is 6.03 Å². The number of benzene rings is 2. The fourth-order valence-corrected chi connectivity index (χ4v) is 3.89. The van der Waals surface area contributed by atoms with Crippen LogP contribution in [0.1, 0.15) is 18.0 Å². The maximum Gasteiger partial charge on any atom is 0.319 e. The number of nitrogens with zero attached hydrogens (tertiary/aromatic N) is 2. The van der Waals surface area contributed by atoms with Crippen LogP contribution in [-0.4, -0.2) is 66.2 Å². The fraction of sp³-hybridized carbons (Fsp3) is 0.333. The average molecular weight is 452 g/mol. The molecule has 2 unspecified atom stereocenters. The number of ether oxygens (including phenoxy) is 2. The summed E-state index contributed by atoms with van der Waals surface area (Å²) in [5.41, 5.74) is 3.16. The Labute approximate surface area is 192 Å². The van der Waals surface area contributed by atoms with Gasteiger partial charge in [-0.3, -0.25) is 5.10 Å². The molecule has 1 saturated heterocycles. The molecule has 1 aliphatic heterocycles. The highest BCUT2D eigenvalue weighted by molar-refractivity contribution is 5.92. The number of rotatable bonds is 8. The van der Waals surface area contributed by atoms with Crippen LogP contribution < -0.4 is 20.1 Å². The molecule has 174 valence electrons. The van der Waals surface area contributed by atoms with Crippen molar-refractivity contribution in [2.45, 2.75) is 18.6 Å². The van der Waals surface area contributed by atoms with Crippen molar-refractivity contribution < 1.29 is 19.4 Å². The van der Waals surface area contributed by atoms with E-state index in [1.54, 1.807) is 19.4 Å². The number of aromatic nitrogens is 2. The number of likely N-dealkylation sites (tertiary alicyclic amines) is 1. The molecule has 9 heteroatoms. The molecule has 2 heterocycles. The van der Waals surface area contributed by atoms with Gasteiger partial charge in [0.15, 0.2) is 0 Å². The molecule has 2 aromatic carbocycles. The number of hydrogen-bond donors (Lipinski definition) is 4. The van der Waals surface area contributed by atoms with E-state index in [4.69, 9.17) is 9.47 Å². The summed E-state index contributed by atoms with van der Waals surface area (Å²) in [5, 5.41) is 22.4. The normalized spacial score (nSPS) is 16.9. The summed E-state index contributed by atoms with van der Waals surface area (Å²) in [6, 6.07) is 11.8. The lowest BCUT2D eigenvalue weighted by atomic mass is 10.1. The first-order valence-corrected chi connectivity index (χ1v) is 10.9. The van der Waals surface area contributed by atoms with Gasteiger partial charge in [-0.15, -0.1) is 0 Å². The molecule has 3 aromatic rings. The monoisotopic (exact) mass is 451 g/mol. The molecular formula is C24H29N5O4. The maximum atomic E-state index is 12.8. The van der Waals surface area contributed by atoms with Gasteiger partial charge in [0.05, 0.1) is 31.6 Å². The molecule has 33 heavy (non-hydrogen) atoms. The average Bonchev–Trinajstić information content (AvgIpc) is 3.51. The first kappa shape index (κ1) is 22.6. The minimum atomic E-state index is -0.585. The lowest BCUT2D eigenvalue weighted by Gasteiger charge is -2.21. The van der Waals surface area contributed by atoms with E-state index in [-0.39, 0.29) is 12.7 Å². The molecule has 4 N–H and O–H groups in total. The van der Waals surface area contributed by atoms with Crippen LogP contribution in [0.15, 0.2) is 54.9 Å². The summed E-state index contributed by atoms with van der Waals surface area (Å²) in [4.78, 5) is 15.0. The second-order valence-electron chi connectivity index (χ2n) is 8.10. The molecule has 0 spiro atoms. The summed E-state index contributed by atoms with van der Waals surface area (Å²) in [7, 11) is 3.63. The fourth-order valence-electron chi connectivity index (χ4n) is 3.89. The number of methoxy groups -OCH3 is 1. The summed E-state index contributed by atoms with van der Waals surface area (Å²) in [6.07, 6.45) is 4.51. The van der Waals surface area contributed by atoms with E-state index in [0.717, 1.165) is 36.2 Å². The first-order valence-electron chi connectivity index (χ1n) is 10.9. The molecule has 0 aliphatic carbocycles. The zero-order valence-electron chi connectivity index (χ0n) is 18.7. The van der Waals surface area contributed by atoms with Crippen molar-refractivity contribution in [2.75, 3.05) is 39.2 Å². The Kier molecular flexibility index (Phi) is 7.11. The van der Waals surface area contributed by atoms with Gasteiger partial charge in [-0.1, -0.05) is 18.2 Å². The molecule has 0 saturated carbocycles. The number of aliphatic hydroxyl groups is 1. The minimum absolute atomic E-state index is 0.0418. The zero-order chi connectivity index (χ0) is 23.2. The van der Waals surface area contributed by atoms with Crippen molar-refractivity contribution in [3.05, 3.63) is 60.4 Å². The molecular weight excluding hydrogens is 422 g/mol. The second-order valence-corrected chi connectivity index (χ2v) is 8.10. The van der Waals surface area contributed by atoms with Gasteiger partial charge in [0, 0.05) is 24.8 Å². The SMILES string of the molecule is COc1cccc(C(CO)NC(=O)Nc2ccc(-c3cn[nH]c3)cc2OC2CCN(C)C2)c1. The molecule has 1 fully saturated rings. The van der Waals surface area contributed by atoms with Crippen LogP contribution in [0.3, 0.4) is 0 Å². The topological polar surface area (TPSA) is 112 Å². The van der Waals surface area contributed by atoms with Crippen molar-refractivity contribution >= 4 is 11.7 Å². The van der Waals surface area contributed by atoms with Crippen LogP contribution in [0, 0.1) is 0 Å². The smallest absolute Gasteiger partial charge is 0.319 e. The number of aromatic amines is 1. The van der Waals surface area contributed by atoms with Crippen molar-refractivity contribution in [3.8, 4) is 22.6 Å². The minimum Gasteiger partial charge on any atom is -0.497 e. The van der Waals surface area contributed by atoms with Crippen LogP contribution in [0.25, 0.3) is 11.1 Å². The van der Waals surface area contributed by atoms with E-state index in [0.29, 0.717) is 17.2 Å². The molecule has 0 radical (unpaired) electrons. The van der Waals surface area contributed by atoms with Crippen LogP contribution in [0.4, 0.5) is 10.5 Å². The molecule has 2 atom stereocenters. The van der Waals surface area contributed by atoms with E-state index >= 15 is 0 Å². The van der Waals surface area contributed by atoms with Crippen molar-refractivity contribution in [3.63, 3.8) is 0 Å². The van der Waals surface area contributed by atoms with Gasteiger partial charge in [0.25, 0.3) is 0 Å². The number of likely N-dealkylation sites (N-methyl/N-ethyl adjacent to an activating group) is 1. The molecule has 0 bridgehead atoms. The number of hydrogen-bond acceptors (Lipinski definition) is 6. The highest BCUT2D eigenvalue weighted by Gasteiger charge is 2.23. The molecule has 1 aromatic heterocycles. The Bertz CT molecular complexity index is 1070. The number of carbonyl (C=O) groups is 1. The van der Waals surface area contributed by atoms with Crippen molar-refractivity contribution in [1.29, 1.82) is 0 Å². The summed E-state index contributed by atoms with van der Waals surface area (Å²) < 4.78 is 11.5. The van der Waals surface area contributed by atoms with Gasteiger partial charge in [0.2, 0.25) is 0 Å². The number of urea groups is 1. The van der Waals surface area contributed by atoms with Gasteiger partial charge in [-0.25, -0.2) is 4.79 Å². The third kappa shape index (κ3) is 5.63. The van der Waals surface area contributed by atoms with Gasteiger partial charge < -0.3 is 30.1 Å². The Morgan fingerprint density at radius 2 is 2.18 bits per heavy atom. The first-order chi connectivity index (χ1) is 16.1. The largest absolute Gasteiger partial charge is 0.497 e. The second kappa shape index (κ2) is 10.4. The standard InChI is InChI=1S/C24H29N5O4/c1-29-9-8-20(14-29)33-23-11-16(18-12-25-26-13-18)6-7-21(23)27-24(31)28-22(15-30)17-4-3-5-19(10-17)32-2/h3-7,10-13,20,22,30H,8-9,14-15H2,1-2H3,(H,25,26)(H2,27,28,31). The predicted octanol–water partition coefficient (Wildman–Crippen LogP) is 3.02. The van der Waals surface area contributed by atoms with Crippen LogP contribution in [0.5, 0.6) is 11.5 Å². The van der Waals surface area contributed by atoms with Gasteiger partial charge in [0.1, 0.15) is 17.6 Å². The summed E-state index contributed by atoms with van der Waals surface area (Å²) >= 11 is 0. The summed E-state index contributed by atoms with van der Waals surface area (Å²) in [6.45, 7) is 1.54. The zero-order valence-corrected chi connectivity index (χ0v) is 18.7. The highest BCUT2D eigenvalue weighted by atomic mass is 16.5. The molecule has 9 nitrogen and oxygen atoms in total. The number of nitrogens with one attached hydrogen (secondary N) is 3. The highest BCUT2D eigenvalue weighted by Crippen LogP contribution is 2.32. The maximum absolute atomic E-state index is 12.8. The number of aliphatic hydroxyl groups excluding tert-OH is 1. The summed E-state index contributed by atoms with van der Waals surface area (Å²) in [5.74, 6) is 1.24. The van der Waals surface area contributed by atoms with Crippen LogP contribution >= 0.6 is 0 Å². The third-order valence-corrected chi connectivity index (χ3v) is 5.69. The molecule has 1 aliphatic rings. The van der Waals surface area contributed by atoms with Gasteiger partial charge in [-0.2, -0.15) is 5.10 Å². The number of H-pyrrole nitrogens is 1. The van der Waals surface area contributed by atoms with E-state index in [1.165, 1.54) is 0 Å². The van der Waals surface area contributed by atoms with Crippen molar-refractivity contribution in [2.24, 2.45) is 0 Å². The third-order valence-electron chi connectivity index (χ3n) is 5.69.